The fourth-order valence-electron chi connectivity index (χ4n) is 4.91. The van der Waals surface area contributed by atoms with E-state index in [2.05, 4.69) is 5.32 Å². The van der Waals surface area contributed by atoms with Gasteiger partial charge in [0.15, 0.2) is 0 Å². The minimum atomic E-state index is -0.809. The maximum Gasteiger partial charge on any atom is 0.234 e. The summed E-state index contributed by atoms with van der Waals surface area (Å²) in [6.07, 6.45) is 3.37. The molecule has 2 fully saturated rings. The van der Waals surface area contributed by atoms with Gasteiger partial charge in [-0.1, -0.05) is 18.2 Å². The van der Waals surface area contributed by atoms with Crippen molar-refractivity contribution in [3.05, 3.63) is 54.6 Å². The molecule has 2 saturated heterocycles. The number of benzene rings is 2. The van der Waals surface area contributed by atoms with Crippen molar-refractivity contribution in [1.29, 1.82) is 0 Å². The molecule has 166 valence electrons. The van der Waals surface area contributed by atoms with Gasteiger partial charge in [0.05, 0.1) is 51.5 Å². The molecule has 0 aromatic heterocycles. The molecule has 0 unspecified atom stereocenters. The van der Waals surface area contributed by atoms with Crippen LogP contribution >= 0.6 is 0 Å². The zero-order chi connectivity index (χ0) is 22.5. The quantitative estimate of drug-likeness (QED) is 0.701. The average Bonchev–Trinajstić information content (AvgIpc) is 3.47. The Kier molecular flexibility index (Phi) is 4.82. The van der Waals surface area contributed by atoms with Crippen molar-refractivity contribution >= 4 is 23.2 Å². The minimum absolute atomic E-state index is 0.132. The molecule has 0 saturated carbocycles. The first kappa shape index (κ1) is 20.4. The van der Waals surface area contributed by atoms with E-state index >= 15 is 0 Å². The molecule has 0 radical (unpaired) electrons. The van der Waals surface area contributed by atoms with Crippen LogP contribution in [0, 0.1) is 11.8 Å². The maximum absolute atomic E-state index is 13.5. The number of rotatable bonds is 6. The first-order valence-electron chi connectivity index (χ1n) is 10.3. The number of carbonyl (C=O) groups excluding carboxylic acids is 2. The highest BCUT2D eigenvalue weighted by molar-refractivity contribution is 6.05. The number of carbonyl (C=O) groups is 2. The van der Waals surface area contributed by atoms with E-state index in [1.54, 1.807) is 37.3 Å². The molecule has 2 aromatic rings. The average molecular weight is 436 g/mol. The Hall–Kier alpha value is -3.52. The lowest BCUT2D eigenvalue weighted by Gasteiger charge is -2.24. The number of anilines is 2. The molecule has 32 heavy (non-hydrogen) atoms. The molecule has 1 N–H and O–H groups in total. The summed E-state index contributed by atoms with van der Waals surface area (Å²) in [5.74, 6) is 0.0875. The summed E-state index contributed by atoms with van der Waals surface area (Å²) >= 11 is 0. The molecule has 1 spiro atoms. The van der Waals surface area contributed by atoms with Gasteiger partial charge in [-0.2, -0.15) is 0 Å². The predicted molar refractivity (Wildman–Crippen MR) is 117 cm³/mol. The number of hydrogen-bond donors (Lipinski definition) is 1. The van der Waals surface area contributed by atoms with E-state index in [0.717, 1.165) is 5.69 Å². The van der Waals surface area contributed by atoms with Crippen LogP contribution in [0.25, 0.3) is 0 Å². The van der Waals surface area contributed by atoms with Crippen molar-refractivity contribution in [2.75, 3.05) is 38.1 Å². The Morgan fingerprint density at radius 2 is 1.88 bits per heavy atom. The van der Waals surface area contributed by atoms with Crippen molar-refractivity contribution < 1.29 is 28.5 Å². The maximum atomic E-state index is 13.5. The van der Waals surface area contributed by atoms with Gasteiger partial charge >= 0.3 is 0 Å². The second kappa shape index (κ2) is 7.56. The Morgan fingerprint density at radius 3 is 2.62 bits per heavy atom. The van der Waals surface area contributed by atoms with Gasteiger partial charge in [0, 0.05) is 17.8 Å². The smallest absolute Gasteiger partial charge is 0.234 e. The summed E-state index contributed by atoms with van der Waals surface area (Å²) in [5.41, 5.74) is 0.417. The zero-order valence-corrected chi connectivity index (χ0v) is 18.0. The van der Waals surface area contributed by atoms with Crippen LogP contribution in [0.15, 0.2) is 54.6 Å². The van der Waals surface area contributed by atoms with Crippen LogP contribution in [0.4, 0.5) is 11.4 Å². The van der Waals surface area contributed by atoms with Crippen molar-refractivity contribution in [2.24, 2.45) is 11.8 Å². The summed E-state index contributed by atoms with van der Waals surface area (Å²) < 4.78 is 22.1. The number of ether oxygens (including phenoxy) is 4. The zero-order valence-electron chi connectivity index (χ0n) is 18.0. The number of nitrogens with one attached hydrogen (secondary N) is 1. The van der Waals surface area contributed by atoms with E-state index in [0.29, 0.717) is 29.5 Å². The molecule has 8 nitrogen and oxygen atoms in total. The van der Waals surface area contributed by atoms with E-state index in [1.165, 1.54) is 7.11 Å². The third-order valence-corrected chi connectivity index (χ3v) is 6.43. The second-order valence-corrected chi connectivity index (χ2v) is 8.08. The summed E-state index contributed by atoms with van der Waals surface area (Å²) in [6.45, 7) is 0.353. The Bertz CT molecular complexity index is 1120. The lowest BCUT2D eigenvalue weighted by atomic mass is 9.76. The van der Waals surface area contributed by atoms with Crippen LogP contribution in [0.1, 0.15) is 0 Å². The number of hydrogen-bond acceptors (Lipinski definition) is 6. The van der Waals surface area contributed by atoms with Crippen LogP contribution in [-0.4, -0.2) is 51.4 Å². The van der Waals surface area contributed by atoms with Gasteiger partial charge in [0.1, 0.15) is 22.8 Å². The van der Waals surface area contributed by atoms with Crippen LogP contribution < -0.4 is 24.4 Å². The van der Waals surface area contributed by atoms with Crippen LogP contribution in [0.3, 0.4) is 0 Å². The molecular weight excluding hydrogens is 412 g/mol. The molecule has 2 bridgehead atoms. The molecule has 2 aromatic carbocycles. The summed E-state index contributed by atoms with van der Waals surface area (Å²) in [6, 6.07) is 12.5. The van der Waals surface area contributed by atoms with Crippen LogP contribution in [-0.2, 0) is 14.3 Å². The highest BCUT2D eigenvalue weighted by Gasteiger charge is 2.67. The van der Waals surface area contributed by atoms with Gasteiger partial charge < -0.3 is 29.2 Å². The molecule has 8 heteroatoms. The second-order valence-electron chi connectivity index (χ2n) is 8.08. The van der Waals surface area contributed by atoms with Gasteiger partial charge in [-0.15, -0.1) is 0 Å². The highest BCUT2D eigenvalue weighted by atomic mass is 16.5. The largest absolute Gasteiger partial charge is 0.497 e. The fraction of sp³-hybridized carbons (Fsp3) is 0.333. The van der Waals surface area contributed by atoms with Crippen LogP contribution in [0.2, 0.25) is 0 Å². The Morgan fingerprint density at radius 1 is 1.09 bits per heavy atom. The van der Waals surface area contributed by atoms with E-state index < -0.39 is 23.5 Å². The van der Waals surface area contributed by atoms with E-state index in [-0.39, 0.29) is 11.8 Å². The summed E-state index contributed by atoms with van der Waals surface area (Å²) in [5, 5.41) is 2.92. The normalized spacial score (nSPS) is 27.4. The van der Waals surface area contributed by atoms with E-state index in [1.807, 2.05) is 36.4 Å². The lowest BCUT2D eigenvalue weighted by Crippen LogP contribution is -2.41. The fourth-order valence-corrected chi connectivity index (χ4v) is 4.91. The number of fused-ring (bicyclic) bond motifs is 1. The minimum Gasteiger partial charge on any atom is -0.497 e. The number of methoxy groups -OCH3 is 3. The number of amides is 2. The molecular formula is C24H24N2O6. The highest BCUT2D eigenvalue weighted by Crippen LogP contribution is 2.53. The van der Waals surface area contributed by atoms with Crippen molar-refractivity contribution in [2.45, 2.75) is 11.7 Å². The van der Waals surface area contributed by atoms with Crippen molar-refractivity contribution in [1.82, 2.24) is 0 Å². The van der Waals surface area contributed by atoms with Gasteiger partial charge in [-0.3, -0.25) is 9.59 Å². The summed E-state index contributed by atoms with van der Waals surface area (Å²) in [4.78, 5) is 28.5. The summed E-state index contributed by atoms with van der Waals surface area (Å²) in [7, 11) is 4.67. The Balaban J connectivity index is 1.42. The SMILES string of the molecule is COc1cccc(N2C[C@@]34C=C[C@@H](O3)[C@@H](C(=O)Nc3ccc(OC)cc3OC)[C@H]4C2=O)c1. The topological polar surface area (TPSA) is 86.3 Å². The molecule has 0 aliphatic carbocycles. The molecule has 5 rings (SSSR count). The molecule has 4 atom stereocenters. The van der Waals surface area contributed by atoms with Gasteiger partial charge in [-0.25, -0.2) is 0 Å². The molecule has 3 aliphatic heterocycles. The van der Waals surface area contributed by atoms with E-state index in [4.69, 9.17) is 18.9 Å². The van der Waals surface area contributed by atoms with Gasteiger partial charge in [0.2, 0.25) is 11.8 Å². The monoisotopic (exact) mass is 436 g/mol. The van der Waals surface area contributed by atoms with Gasteiger partial charge in [-0.05, 0) is 24.3 Å². The first-order valence-corrected chi connectivity index (χ1v) is 10.3. The van der Waals surface area contributed by atoms with Gasteiger partial charge in [0.25, 0.3) is 0 Å². The third kappa shape index (κ3) is 3.02. The molecule has 2 amide bonds. The Labute approximate surface area is 185 Å². The predicted octanol–water partition coefficient (Wildman–Crippen LogP) is 2.64. The van der Waals surface area contributed by atoms with E-state index in [9.17, 15) is 9.59 Å². The first-order chi connectivity index (χ1) is 15.5. The third-order valence-electron chi connectivity index (χ3n) is 6.43. The molecule has 3 aliphatic rings. The van der Waals surface area contributed by atoms with Crippen molar-refractivity contribution in [3.63, 3.8) is 0 Å². The van der Waals surface area contributed by atoms with Crippen LogP contribution in [0.5, 0.6) is 17.2 Å². The lowest BCUT2D eigenvalue weighted by molar-refractivity contribution is -0.128. The van der Waals surface area contributed by atoms with Crippen molar-refractivity contribution in [3.8, 4) is 17.2 Å². The molecule has 3 heterocycles. The number of nitrogens with zero attached hydrogens (tertiary/aromatic N) is 1. The standard InChI is InChI=1S/C24H24N2O6/c1-29-15-6-4-5-14(11-15)26-13-24-10-9-18(32-24)20(21(24)23(26)28)22(27)25-17-8-7-16(30-2)12-19(17)31-3/h4-12,18,20-21H,13H2,1-3H3,(H,25,27)/t18-,20-,21+,24-/m1/s1.